The van der Waals surface area contributed by atoms with Gasteiger partial charge in [0, 0.05) is 18.4 Å². The van der Waals surface area contributed by atoms with Gasteiger partial charge in [0.25, 0.3) is 0 Å². The summed E-state index contributed by atoms with van der Waals surface area (Å²) in [6.45, 7) is 1.52. The maximum Gasteiger partial charge on any atom is 0.221 e. The van der Waals surface area contributed by atoms with E-state index in [1.54, 1.807) is 11.3 Å². The molecule has 2 aromatic rings. The quantitative estimate of drug-likeness (QED) is 0.845. The highest BCUT2D eigenvalue weighted by molar-refractivity contribution is 8.00. The van der Waals surface area contributed by atoms with Crippen LogP contribution >= 0.6 is 23.1 Å². The van der Waals surface area contributed by atoms with Gasteiger partial charge in [-0.2, -0.15) is 0 Å². The highest BCUT2D eigenvalue weighted by atomic mass is 32.2. The average molecular weight is 263 g/mol. The normalized spacial score (nSPS) is 10.2. The van der Waals surface area contributed by atoms with Crippen LogP contribution in [0.15, 0.2) is 46.0 Å². The lowest BCUT2D eigenvalue weighted by Crippen LogP contribution is -2.05. The first kappa shape index (κ1) is 12.2. The largest absolute Gasteiger partial charge is 0.326 e. The molecule has 0 spiro atoms. The summed E-state index contributed by atoms with van der Waals surface area (Å²) in [7, 11) is 0. The molecule has 0 fully saturated rings. The highest BCUT2D eigenvalue weighted by Crippen LogP contribution is 2.27. The smallest absolute Gasteiger partial charge is 0.221 e. The van der Waals surface area contributed by atoms with Gasteiger partial charge in [-0.15, -0.1) is 23.1 Å². The minimum absolute atomic E-state index is 0.0342. The minimum Gasteiger partial charge on any atom is -0.326 e. The second-order valence-electron chi connectivity index (χ2n) is 3.60. The first-order valence-electron chi connectivity index (χ1n) is 5.27. The van der Waals surface area contributed by atoms with E-state index in [2.05, 4.69) is 28.9 Å². The van der Waals surface area contributed by atoms with Gasteiger partial charge >= 0.3 is 0 Å². The molecule has 1 aromatic carbocycles. The van der Waals surface area contributed by atoms with Gasteiger partial charge < -0.3 is 5.32 Å². The second-order valence-corrected chi connectivity index (χ2v) is 5.83. The van der Waals surface area contributed by atoms with Crippen molar-refractivity contribution in [2.75, 3.05) is 5.32 Å². The minimum atomic E-state index is -0.0342. The van der Waals surface area contributed by atoms with E-state index in [0.717, 1.165) is 11.4 Å². The topological polar surface area (TPSA) is 29.1 Å². The predicted octanol–water partition coefficient (Wildman–Crippen LogP) is 4.00. The van der Waals surface area contributed by atoms with E-state index in [1.165, 1.54) is 16.7 Å². The third kappa shape index (κ3) is 3.91. The van der Waals surface area contributed by atoms with Crippen molar-refractivity contribution in [3.8, 4) is 0 Å². The Balaban J connectivity index is 1.98. The van der Waals surface area contributed by atoms with Crippen LogP contribution in [0, 0.1) is 0 Å². The van der Waals surface area contributed by atoms with Gasteiger partial charge in [0.1, 0.15) is 0 Å². The Morgan fingerprint density at radius 3 is 2.94 bits per heavy atom. The fourth-order valence-electron chi connectivity index (χ4n) is 1.44. The molecule has 0 unspecified atom stereocenters. The van der Waals surface area contributed by atoms with Crippen LogP contribution in [0.4, 0.5) is 5.69 Å². The summed E-state index contributed by atoms with van der Waals surface area (Å²) in [5.41, 5.74) is 2.08. The van der Waals surface area contributed by atoms with E-state index in [4.69, 9.17) is 0 Å². The fourth-order valence-corrected chi connectivity index (χ4v) is 3.17. The summed E-state index contributed by atoms with van der Waals surface area (Å²) < 4.78 is 1.31. The van der Waals surface area contributed by atoms with Crippen molar-refractivity contribution in [1.82, 2.24) is 0 Å². The number of thiophene rings is 1. The van der Waals surface area contributed by atoms with E-state index in [1.807, 2.05) is 30.0 Å². The van der Waals surface area contributed by atoms with E-state index >= 15 is 0 Å². The molecule has 88 valence electrons. The van der Waals surface area contributed by atoms with Crippen molar-refractivity contribution in [3.05, 3.63) is 47.3 Å². The van der Waals surface area contributed by atoms with E-state index in [9.17, 15) is 4.79 Å². The number of anilines is 1. The summed E-state index contributed by atoms with van der Waals surface area (Å²) >= 11 is 3.56. The predicted molar refractivity (Wildman–Crippen MR) is 74.6 cm³/mol. The fraction of sp³-hybridized carbons (Fsp3) is 0.154. The van der Waals surface area contributed by atoms with Gasteiger partial charge in [0.15, 0.2) is 0 Å². The van der Waals surface area contributed by atoms with Crippen LogP contribution in [0.25, 0.3) is 0 Å². The zero-order chi connectivity index (χ0) is 12.1. The molecule has 1 amide bonds. The van der Waals surface area contributed by atoms with Crippen LogP contribution < -0.4 is 5.32 Å². The monoisotopic (exact) mass is 263 g/mol. The lowest BCUT2D eigenvalue weighted by molar-refractivity contribution is -0.114. The Hall–Kier alpha value is -1.26. The van der Waals surface area contributed by atoms with Gasteiger partial charge in [0.2, 0.25) is 5.91 Å². The molecule has 1 heterocycles. The zero-order valence-corrected chi connectivity index (χ0v) is 11.1. The van der Waals surface area contributed by atoms with Crippen LogP contribution in [-0.2, 0) is 10.5 Å². The summed E-state index contributed by atoms with van der Waals surface area (Å²) in [4.78, 5) is 11.0. The molecule has 17 heavy (non-hydrogen) atoms. The molecule has 0 aliphatic carbocycles. The Morgan fingerprint density at radius 1 is 1.35 bits per heavy atom. The van der Waals surface area contributed by atoms with E-state index in [-0.39, 0.29) is 5.91 Å². The maximum atomic E-state index is 11.0. The van der Waals surface area contributed by atoms with Crippen molar-refractivity contribution in [3.63, 3.8) is 0 Å². The van der Waals surface area contributed by atoms with E-state index < -0.39 is 0 Å². The number of nitrogens with one attached hydrogen (secondary N) is 1. The molecule has 0 radical (unpaired) electrons. The Morgan fingerprint density at radius 2 is 2.24 bits per heavy atom. The molecule has 0 aliphatic rings. The molecule has 0 aliphatic heterocycles. The van der Waals surface area contributed by atoms with Gasteiger partial charge in [-0.3, -0.25) is 4.79 Å². The molecular weight excluding hydrogens is 250 g/mol. The molecule has 1 N–H and O–H groups in total. The number of thioether (sulfide) groups is 1. The standard InChI is InChI=1S/C13H13NOS2/c1-10(15)14-12-5-2-4-11(8-12)9-17-13-6-3-7-16-13/h2-8H,9H2,1H3,(H,14,15). The number of rotatable bonds is 4. The van der Waals surface area contributed by atoms with Crippen LogP contribution in [0.1, 0.15) is 12.5 Å². The molecule has 0 bridgehead atoms. The number of amides is 1. The summed E-state index contributed by atoms with van der Waals surface area (Å²) in [5.74, 6) is 0.890. The molecule has 0 saturated carbocycles. The van der Waals surface area contributed by atoms with Gasteiger partial charge in [0.05, 0.1) is 4.21 Å². The maximum absolute atomic E-state index is 11.0. The number of benzene rings is 1. The molecule has 2 nitrogen and oxygen atoms in total. The molecule has 0 saturated heterocycles. The Labute approximate surface area is 109 Å². The van der Waals surface area contributed by atoms with Crippen LogP contribution in [-0.4, -0.2) is 5.91 Å². The number of hydrogen-bond donors (Lipinski definition) is 1. The summed E-state index contributed by atoms with van der Waals surface area (Å²) in [5, 5.41) is 4.87. The first-order valence-corrected chi connectivity index (χ1v) is 7.13. The van der Waals surface area contributed by atoms with Crippen molar-refractivity contribution in [1.29, 1.82) is 0 Å². The van der Waals surface area contributed by atoms with Crippen molar-refractivity contribution in [2.24, 2.45) is 0 Å². The first-order chi connectivity index (χ1) is 8.24. The van der Waals surface area contributed by atoms with Crippen molar-refractivity contribution >= 4 is 34.7 Å². The van der Waals surface area contributed by atoms with Crippen LogP contribution in [0.3, 0.4) is 0 Å². The molecular formula is C13H13NOS2. The lowest BCUT2D eigenvalue weighted by atomic mass is 10.2. The summed E-state index contributed by atoms with van der Waals surface area (Å²) in [6.07, 6.45) is 0. The third-order valence-corrected chi connectivity index (χ3v) is 4.33. The summed E-state index contributed by atoms with van der Waals surface area (Å²) in [6, 6.07) is 12.1. The molecule has 0 atom stereocenters. The van der Waals surface area contributed by atoms with Crippen molar-refractivity contribution < 1.29 is 4.79 Å². The number of carbonyl (C=O) groups is 1. The second kappa shape index (κ2) is 5.89. The van der Waals surface area contributed by atoms with Crippen molar-refractivity contribution in [2.45, 2.75) is 16.9 Å². The Bertz CT molecular complexity index is 494. The number of hydrogen-bond acceptors (Lipinski definition) is 3. The highest BCUT2D eigenvalue weighted by Gasteiger charge is 2.00. The SMILES string of the molecule is CC(=O)Nc1cccc(CSc2cccs2)c1. The Kier molecular flexibility index (Phi) is 4.23. The van der Waals surface area contributed by atoms with E-state index in [0.29, 0.717) is 0 Å². The lowest BCUT2D eigenvalue weighted by Gasteiger charge is -2.04. The van der Waals surface area contributed by atoms with Crippen LogP contribution in [0.5, 0.6) is 0 Å². The molecule has 2 rings (SSSR count). The number of carbonyl (C=O) groups excluding carboxylic acids is 1. The van der Waals surface area contributed by atoms with Gasteiger partial charge in [-0.25, -0.2) is 0 Å². The zero-order valence-electron chi connectivity index (χ0n) is 9.47. The molecule has 4 heteroatoms. The van der Waals surface area contributed by atoms with Gasteiger partial charge in [-0.1, -0.05) is 18.2 Å². The average Bonchev–Trinajstić information content (AvgIpc) is 2.79. The molecule has 1 aromatic heterocycles. The third-order valence-electron chi connectivity index (χ3n) is 2.12. The van der Waals surface area contributed by atoms with Crippen LogP contribution in [0.2, 0.25) is 0 Å². The van der Waals surface area contributed by atoms with Gasteiger partial charge in [-0.05, 0) is 29.1 Å².